The van der Waals surface area contributed by atoms with Gasteiger partial charge in [-0.3, -0.25) is 28.8 Å². The third-order valence-corrected chi connectivity index (χ3v) is 10.2. The van der Waals surface area contributed by atoms with E-state index >= 15 is 0 Å². The Bertz CT molecular complexity index is 1400. The molecule has 1 aromatic carbocycles. The zero-order valence-electron chi connectivity index (χ0n) is 26.1. The monoisotopic (exact) mass is 580 g/mol. The van der Waals surface area contributed by atoms with Crippen LogP contribution in [0.2, 0.25) is 0 Å². The largest absolute Gasteiger partial charge is 0.507 e. The molecule has 3 aliphatic carbocycles. The van der Waals surface area contributed by atoms with Crippen molar-refractivity contribution in [1.82, 2.24) is 0 Å². The second-order valence-electron chi connectivity index (χ2n) is 14.2. The first-order valence-corrected chi connectivity index (χ1v) is 15.1. The number of ketones is 6. The average Bonchev–Trinajstić information content (AvgIpc) is 2.84. The van der Waals surface area contributed by atoms with Crippen molar-refractivity contribution in [3.05, 3.63) is 28.3 Å². The van der Waals surface area contributed by atoms with Gasteiger partial charge in [0.25, 0.3) is 0 Å². The normalized spacial score (nSPS) is 32.6. The predicted octanol–water partition coefficient (Wildman–Crippen LogP) is 4.20. The second-order valence-corrected chi connectivity index (χ2v) is 14.2. The molecule has 228 valence electrons. The van der Waals surface area contributed by atoms with Gasteiger partial charge in [0.15, 0.2) is 28.7 Å². The number of aryl methyl sites for hydroxylation is 2. The first kappa shape index (κ1) is 31.9. The van der Waals surface area contributed by atoms with Crippen LogP contribution in [0.5, 0.6) is 5.75 Å². The summed E-state index contributed by atoms with van der Waals surface area (Å²) in [6.45, 7) is 13.8. The Morgan fingerprint density at radius 1 is 1.02 bits per heavy atom. The zero-order valence-corrected chi connectivity index (χ0v) is 26.1. The summed E-state index contributed by atoms with van der Waals surface area (Å²) in [5, 5.41) is 23.5. The summed E-state index contributed by atoms with van der Waals surface area (Å²) in [5.41, 5.74) is -3.40. The topological polar surface area (TPSA) is 143 Å². The number of phenols is 1. The number of fused-ring (bicyclic) bond motifs is 3. The van der Waals surface area contributed by atoms with E-state index < -0.39 is 63.1 Å². The Labute approximate surface area is 247 Å². The molecular formula is C34H44O8. The minimum Gasteiger partial charge on any atom is -0.507 e. The van der Waals surface area contributed by atoms with Gasteiger partial charge in [-0.2, -0.15) is 0 Å². The van der Waals surface area contributed by atoms with Crippen LogP contribution in [0.1, 0.15) is 102 Å². The molecule has 4 rings (SSSR count). The quantitative estimate of drug-likeness (QED) is 0.436. The maximum absolute atomic E-state index is 14.4. The lowest BCUT2D eigenvalue weighted by molar-refractivity contribution is -0.205. The SMILES string of the molecule is CCc1cc(CCC(=O)CC(C)C)c(O)c2c1C[C@]1(C)C[C@]3(C)C(C(C)C)C(=O)C(C(C)=O)C(=O)[C@]3(O)C(=O)C1C2=O. The van der Waals surface area contributed by atoms with Gasteiger partial charge in [-0.05, 0) is 66.5 Å². The molecule has 0 bridgehead atoms. The summed E-state index contributed by atoms with van der Waals surface area (Å²) in [4.78, 5) is 81.1. The van der Waals surface area contributed by atoms with Crippen molar-refractivity contribution in [3.63, 3.8) is 0 Å². The van der Waals surface area contributed by atoms with Gasteiger partial charge in [0.1, 0.15) is 23.2 Å². The lowest BCUT2D eigenvalue weighted by atomic mass is 9.39. The molecule has 42 heavy (non-hydrogen) atoms. The standard InChI is InChI=1S/C34H44O8/c1-9-19-13-20(10-11-21(36)12-16(2)3)27(37)24-22(19)14-32(7)15-33(8)25(17(4)5)28(38)23(18(6)35)30(40)34(33,42)31(41)26(32)29(24)39/h13,16-17,23,25-26,37,42H,9-12,14-15H2,1-8H3/t23?,25?,26?,32-,33-,34+/m1/s1. The summed E-state index contributed by atoms with van der Waals surface area (Å²) in [5.74, 6) is -8.75. The maximum atomic E-state index is 14.4. The molecule has 1 aromatic rings. The van der Waals surface area contributed by atoms with Crippen LogP contribution in [-0.2, 0) is 43.2 Å². The fraction of sp³-hybridized carbons (Fsp3) is 0.647. The Morgan fingerprint density at radius 3 is 2.17 bits per heavy atom. The molecule has 0 heterocycles. The number of aromatic hydroxyl groups is 1. The average molecular weight is 581 g/mol. The molecule has 8 heteroatoms. The van der Waals surface area contributed by atoms with Crippen LogP contribution < -0.4 is 0 Å². The molecule has 6 atom stereocenters. The summed E-state index contributed by atoms with van der Waals surface area (Å²) < 4.78 is 0. The van der Waals surface area contributed by atoms with E-state index in [1.807, 2.05) is 26.8 Å². The first-order valence-electron chi connectivity index (χ1n) is 15.1. The van der Waals surface area contributed by atoms with Crippen molar-refractivity contribution >= 4 is 34.7 Å². The van der Waals surface area contributed by atoms with Gasteiger partial charge >= 0.3 is 0 Å². The molecule has 2 saturated carbocycles. The molecule has 0 aliphatic heterocycles. The molecule has 0 amide bonds. The van der Waals surface area contributed by atoms with Gasteiger partial charge in [0.2, 0.25) is 0 Å². The van der Waals surface area contributed by atoms with Crippen LogP contribution in [0.4, 0.5) is 0 Å². The molecule has 2 N–H and O–H groups in total. The van der Waals surface area contributed by atoms with Crippen LogP contribution in [0.3, 0.4) is 0 Å². The highest BCUT2D eigenvalue weighted by molar-refractivity contribution is 6.32. The molecule has 3 unspecified atom stereocenters. The molecule has 2 fully saturated rings. The van der Waals surface area contributed by atoms with Crippen molar-refractivity contribution in [1.29, 1.82) is 0 Å². The van der Waals surface area contributed by atoms with Crippen LogP contribution in [0, 0.1) is 40.4 Å². The number of aliphatic hydroxyl groups is 1. The number of carbonyl (C=O) groups excluding carboxylic acids is 6. The smallest absolute Gasteiger partial charge is 0.190 e. The zero-order chi connectivity index (χ0) is 31.7. The van der Waals surface area contributed by atoms with E-state index in [9.17, 15) is 39.0 Å². The molecule has 8 nitrogen and oxygen atoms in total. The van der Waals surface area contributed by atoms with E-state index in [4.69, 9.17) is 0 Å². The van der Waals surface area contributed by atoms with Crippen LogP contribution in [0.25, 0.3) is 0 Å². The fourth-order valence-corrected chi connectivity index (χ4v) is 8.68. The van der Waals surface area contributed by atoms with Crippen molar-refractivity contribution < 1.29 is 39.0 Å². The number of phenolic OH excluding ortho intramolecular Hbond substituents is 1. The Balaban J connectivity index is 1.88. The summed E-state index contributed by atoms with van der Waals surface area (Å²) in [7, 11) is 0. The van der Waals surface area contributed by atoms with Crippen molar-refractivity contribution in [2.75, 3.05) is 0 Å². The molecule has 3 aliphatic rings. The van der Waals surface area contributed by atoms with Gasteiger partial charge in [-0.25, -0.2) is 0 Å². The lowest BCUT2D eigenvalue weighted by Gasteiger charge is -2.62. The maximum Gasteiger partial charge on any atom is 0.190 e. The highest BCUT2D eigenvalue weighted by atomic mass is 16.3. The Kier molecular flexibility index (Phi) is 8.07. The molecule has 0 aromatic heterocycles. The van der Waals surface area contributed by atoms with E-state index in [-0.39, 0.29) is 54.6 Å². The van der Waals surface area contributed by atoms with Crippen molar-refractivity contribution in [2.45, 2.75) is 99.5 Å². The van der Waals surface area contributed by atoms with Gasteiger partial charge in [-0.1, -0.05) is 54.5 Å². The van der Waals surface area contributed by atoms with Crippen molar-refractivity contribution in [2.24, 2.45) is 40.4 Å². The third kappa shape index (κ3) is 4.43. The molecule has 0 saturated heterocycles. The van der Waals surface area contributed by atoms with Crippen LogP contribution in [-0.4, -0.2) is 50.5 Å². The lowest BCUT2D eigenvalue weighted by Crippen LogP contribution is -2.76. The number of rotatable bonds is 8. The number of hydrogen-bond acceptors (Lipinski definition) is 8. The highest BCUT2D eigenvalue weighted by Crippen LogP contribution is 2.64. The molecule has 0 radical (unpaired) electrons. The number of Topliss-reactive ketones (excluding diaryl/α,β-unsaturated/α-hetero) is 6. The molecular weight excluding hydrogens is 536 g/mol. The number of carbonyl (C=O) groups is 6. The van der Waals surface area contributed by atoms with Crippen molar-refractivity contribution in [3.8, 4) is 5.75 Å². The predicted molar refractivity (Wildman–Crippen MR) is 155 cm³/mol. The Hall–Kier alpha value is -3.00. The number of hydrogen-bond donors (Lipinski definition) is 2. The fourth-order valence-electron chi connectivity index (χ4n) is 8.68. The van der Waals surface area contributed by atoms with Gasteiger partial charge in [0, 0.05) is 24.2 Å². The summed E-state index contributed by atoms with van der Waals surface area (Å²) in [6.07, 6.45) is 1.64. The van der Waals surface area contributed by atoms with E-state index in [0.29, 0.717) is 24.0 Å². The molecule has 0 spiro atoms. The van der Waals surface area contributed by atoms with Crippen LogP contribution in [0.15, 0.2) is 6.07 Å². The second kappa shape index (κ2) is 10.6. The number of benzene rings is 1. The van der Waals surface area contributed by atoms with Gasteiger partial charge in [0.05, 0.1) is 11.5 Å². The van der Waals surface area contributed by atoms with E-state index in [0.717, 1.165) is 12.5 Å². The van der Waals surface area contributed by atoms with Crippen LogP contribution >= 0.6 is 0 Å². The minimum atomic E-state index is -2.71. The minimum absolute atomic E-state index is 0.00606. The van der Waals surface area contributed by atoms with Gasteiger partial charge in [-0.15, -0.1) is 0 Å². The van der Waals surface area contributed by atoms with E-state index in [2.05, 4.69) is 0 Å². The Morgan fingerprint density at radius 2 is 1.64 bits per heavy atom. The summed E-state index contributed by atoms with van der Waals surface area (Å²) >= 11 is 0. The van der Waals surface area contributed by atoms with Gasteiger partial charge < -0.3 is 10.2 Å². The van der Waals surface area contributed by atoms with E-state index in [1.165, 1.54) is 0 Å². The highest BCUT2D eigenvalue weighted by Gasteiger charge is 2.76. The van der Waals surface area contributed by atoms with E-state index in [1.54, 1.807) is 27.7 Å². The first-order chi connectivity index (χ1) is 19.4. The third-order valence-electron chi connectivity index (χ3n) is 10.2. The summed E-state index contributed by atoms with van der Waals surface area (Å²) in [6, 6.07) is 1.83.